The second-order valence-electron chi connectivity index (χ2n) is 7.41. The van der Waals surface area contributed by atoms with Crippen LogP contribution >= 0.6 is 11.3 Å². The van der Waals surface area contributed by atoms with Crippen molar-refractivity contribution in [3.05, 3.63) is 56.4 Å². The van der Waals surface area contributed by atoms with Gasteiger partial charge < -0.3 is 9.73 Å². The van der Waals surface area contributed by atoms with Crippen LogP contribution in [0.25, 0.3) is 10.2 Å². The molecule has 7 nitrogen and oxygen atoms in total. The largest absolute Gasteiger partial charge is 0.467 e. The molecule has 0 aliphatic heterocycles. The summed E-state index contributed by atoms with van der Waals surface area (Å²) in [5.74, 6) is 0.992. The van der Waals surface area contributed by atoms with Crippen molar-refractivity contribution in [1.29, 1.82) is 0 Å². The monoisotopic (exact) mass is 401 g/mol. The standard InChI is InChI=1S/C20H23N3O4S/c1-22-16-8-10-28-17(16)19(25)23(20(22)26)12-13-4-6-14(7-5-13)18(24)21-11-15-3-2-9-27-15/h2-3,8-10,13-14H,4-7,11-12H2,1H3,(H,21,24). The highest BCUT2D eigenvalue weighted by Crippen LogP contribution is 2.30. The molecule has 0 aromatic carbocycles. The van der Waals surface area contributed by atoms with Crippen molar-refractivity contribution in [2.45, 2.75) is 38.8 Å². The zero-order chi connectivity index (χ0) is 19.7. The van der Waals surface area contributed by atoms with Gasteiger partial charge in [0.25, 0.3) is 5.56 Å². The minimum Gasteiger partial charge on any atom is -0.467 e. The lowest BCUT2D eigenvalue weighted by molar-refractivity contribution is -0.126. The Balaban J connectivity index is 1.38. The molecule has 3 aromatic rings. The van der Waals surface area contributed by atoms with Gasteiger partial charge in [-0.1, -0.05) is 0 Å². The van der Waals surface area contributed by atoms with Crippen molar-refractivity contribution in [2.24, 2.45) is 18.9 Å². The smallest absolute Gasteiger partial charge is 0.331 e. The molecule has 3 heterocycles. The predicted molar refractivity (Wildman–Crippen MR) is 107 cm³/mol. The fourth-order valence-corrected chi connectivity index (χ4v) is 4.85. The van der Waals surface area contributed by atoms with Crippen LogP contribution in [0.15, 0.2) is 43.8 Å². The number of hydrogen-bond donors (Lipinski definition) is 1. The zero-order valence-electron chi connectivity index (χ0n) is 15.7. The Kier molecular flexibility index (Phi) is 5.21. The first-order valence-corrected chi connectivity index (χ1v) is 10.4. The van der Waals surface area contributed by atoms with E-state index in [2.05, 4.69) is 5.32 Å². The van der Waals surface area contributed by atoms with Gasteiger partial charge in [0.05, 0.1) is 18.3 Å². The van der Waals surface area contributed by atoms with Gasteiger partial charge in [-0.3, -0.25) is 18.7 Å². The molecule has 4 rings (SSSR count). The van der Waals surface area contributed by atoms with Crippen molar-refractivity contribution in [3.63, 3.8) is 0 Å². The van der Waals surface area contributed by atoms with Crippen molar-refractivity contribution in [1.82, 2.24) is 14.5 Å². The Morgan fingerprint density at radius 1 is 1.25 bits per heavy atom. The molecule has 148 valence electrons. The average molecular weight is 401 g/mol. The number of nitrogens with zero attached hydrogens (tertiary/aromatic N) is 2. The topological polar surface area (TPSA) is 86.2 Å². The summed E-state index contributed by atoms with van der Waals surface area (Å²) in [6.07, 6.45) is 4.79. The highest BCUT2D eigenvalue weighted by Gasteiger charge is 2.27. The molecular formula is C20H23N3O4S. The summed E-state index contributed by atoms with van der Waals surface area (Å²) in [7, 11) is 1.70. The number of carbonyl (C=O) groups is 1. The molecule has 0 radical (unpaired) electrons. The number of furan rings is 1. The van der Waals surface area contributed by atoms with Gasteiger partial charge in [-0.05, 0) is 55.2 Å². The lowest BCUT2D eigenvalue weighted by atomic mass is 9.81. The highest BCUT2D eigenvalue weighted by atomic mass is 32.1. The molecule has 28 heavy (non-hydrogen) atoms. The number of thiophene rings is 1. The van der Waals surface area contributed by atoms with Gasteiger partial charge in [-0.2, -0.15) is 0 Å². The SMILES string of the molecule is Cn1c(=O)n(CC2CCC(C(=O)NCc3ccco3)CC2)c(=O)c2sccc21. The number of hydrogen-bond acceptors (Lipinski definition) is 5. The second-order valence-corrected chi connectivity index (χ2v) is 8.32. The minimum atomic E-state index is -0.269. The summed E-state index contributed by atoms with van der Waals surface area (Å²) in [5, 5.41) is 4.76. The third-order valence-corrected chi connectivity index (χ3v) is 6.53. The van der Waals surface area contributed by atoms with Gasteiger partial charge in [0.15, 0.2) is 0 Å². The molecule has 0 spiro atoms. The Morgan fingerprint density at radius 3 is 2.75 bits per heavy atom. The third-order valence-electron chi connectivity index (χ3n) is 5.64. The first-order chi connectivity index (χ1) is 13.5. The molecule has 1 amide bonds. The minimum absolute atomic E-state index is 0.0226. The summed E-state index contributed by atoms with van der Waals surface area (Å²) < 4.78 is 8.76. The van der Waals surface area contributed by atoms with E-state index in [1.807, 2.05) is 11.4 Å². The van der Waals surface area contributed by atoms with Crippen molar-refractivity contribution in [2.75, 3.05) is 0 Å². The Labute approximate surface area is 165 Å². The second kappa shape index (κ2) is 7.79. The normalized spacial score (nSPS) is 19.8. The molecule has 1 fully saturated rings. The zero-order valence-corrected chi connectivity index (χ0v) is 16.5. The van der Waals surface area contributed by atoms with E-state index < -0.39 is 0 Å². The van der Waals surface area contributed by atoms with Crippen LogP contribution in [0.3, 0.4) is 0 Å². The van der Waals surface area contributed by atoms with Crippen LogP contribution in [0.4, 0.5) is 0 Å². The Bertz CT molecular complexity index is 1090. The van der Waals surface area contributed by atoms with Gasteiger partial charge in [-0.25, -0.2) is 4.79 Å². The number of aryl methyl sites for hydroxylation is 1. The van der Waals surface area contributed by atoms with Gasteiger partial charge in [-0.15, -0.1) is 11.3 Å². The number of aromatic nitrogens is 2. The first-order valence-electron chi connectivity index (χ1n) is 9.51. The van der Waals surface area contributed by atoms with Crippen LogP contribution in [-0.2, 0) is 24.9 Å². The van der Waals surface area contributed by atoms with Gasteiger partial charge >= 0.3 is 5.69 Å². The first kappa shape index (κ1) is 18.7. The summed E-state index contributed by atoms with van der Waals surface area (Å²) in [6.45, 7) is 0.818. The maximum atomic E-state index is 12.7. The number of nitrogens with one attached hydrogen (secondary N) is 1. The van der Waals surface area contributed by atoms with E-state index in [0.29, 0.717) is 23.3 Å². The Hall–Kier alpha value is -2.61. The van der Waals surface area contributed by atoms with E-state index >= 15 is 0 Å². The van der Waals surface area contributed by atoms with Crippen LogP contribution in [0.1, 0.15) is 31.4 Å². The number of amides is 1. The lowest BCUT2D eigenvalue weighted by Gasteiger charge is -2.28. The van der Waals surface area contributed by atoms with Crippen LogP contribution in [0.5, 0.6) is 0 Å². The van der Waals surface area contributed by atoms with Crippen LogP contribution in [0.2, 0.25) is 0 Å². The quantitative estimate of drug-likeness (QED) is 0.712. The molecule has 8 heteroatoms. The summed E-state index contributed by atoms with van der Waals surface area (Å²) in [6, 6.07) is 5.44. The van der Waals surface area contributed by atoms with Crippen molar-refractivity contribution < 1.29 is 9.21 Å². The van der Waals surface area contributed by atoms with E-state index in [0.717, 1.165) is 31.4 Å². The fraction of sp³-hybridized carbons (Fsp3) is 0.450. The van der Waals surface area contributed by atoms with Crippen molar-refractivity contribution >= 4 is 27.5 Å². The fourth-order valence-electron chi connectivity index (χ4n) is 3.98. The van der Waals surface area contributed by atoms with E-state index in [1.54, 1.807) is 30.0 Å². The summed E-state index contributed by atoms with van der Waals surface area (Å²) in [4.78, 5) is 37.7. The van der Waals surface area contributed by atoms with Crippen LogP contribution in [-0.4, -0.2) is 15.0 Å². The highest BCUT2D eigenvalue weighted by molar-refractivity contribution is 7.17. The third kappa shape index (κ3) is 3.56. The molecule has 1 N–H and O–H groups in total. The average Bonchev–Trinajstić information content (AvgIpc) is 3.40. The van der Waals surface area contributed by atoms with Crippen LogP contribution < -0.4 is 16.6 Å². The number of carbonyl (C=O) groups excluding carboxylic acids is 1. The molecule has 0 saturated heterocycles. The summed E-state index contributed by atoms with van der Waals surface area (Å²) in [5.41, 5.74) is 0.216. The van der Waals surface area contributed by atoms with Crippen LogP contribution in [0, 0.1) is 11.8 Å². The maximum absolute atomic E-state index is 12.7. The van der Waals surface area contributed by atoms with Crippen molar-refractivity contribution in [3.8, 4) is 0 Å². The number of rotatable bonds is 5. The lowest BCUT2D eigenvalue weighted by Crippen LogP contribution is -2.41. The predicted octanol–water partition coefficient (Wildman–Crippen LogP) is 2.48. The van der Waals surface area contributed by atoms with E-state index in [4.69, 9.17) is 4.42 Å². The van der Waals surface area contributed by atoms with Gasteiger partial charge in [0, 0.05) is 19.5 Å². The van der Waals surface area contributed by atoms with E-state index in [9.17, 15) is 14.4 Å². The van der Waals surface area contributed by atoms with Gasteiger partial charge in [0.2, 0.25) is 5.91 Å². The van der Waals surface area contributed by atoms with E-state index in [-0.39, 0.29) is 29.0 Å². The van der Waals surface area contributed by atoms with Gasteiger partial charge in [0.1, 0.15) is 10.5 Å². The molecule has 1 aliphatic carbocycles. The van der Waals surface area contributed by atoms with E-state index in [1.165, 1.54) is 15.9 Å². The Morgan fingerprint density at radius 2 is 2.04 bits per heavy atom. The molecule has 0 atom stereocenters. The molecule has 3 aromatic heterocycles. The summed E-state index contributed by atoms with van der Waals surface area (Å²) >= 11 is 1.37. The number of fused-ring (bicyclic) bond motifs is 1. The molecular weight excluding hydrogens is 378 g/mol. The molecule has 1 aliphatic rings. The molecule has 1 saturated carbocycles. The molecule has 0 bridgehead atoms. The maximum Gasteiger partial charge on any atom is 0.331 e. The molecule has 0 unspecified atom stereocenters.